The van der Waals surface area contributed by atoms with Crippen molar-refractivity contribution in [1.29, 1.82) is 0 Å². The van der Waals surface area contributed by atoms with Crippen LogP contribution in [0.15, 0.2) is 24.5 Å². The zero-order valence-corrected chi connectivity index (χ0v) is 13.3. The molecule has 2 aromatic rings. The van der Waals surface area contributed by atoms with Crippen LogP contribution in [-0.2, 0) is 17.6 Å². The van der Waals surface area contributed by atoms with E-state index < -0.39 is 6.10 Å². The molecular formula is C17H22N4O2. The van der Waals surface area contributed by atoms with Gasteiger partial charge in [0.1, 0.15) is 5.82 Å². The number of aliphatic hydroxyl groups is 1. The van der Waals surface area contributed by atoms with Crippen molar-refractivity contribution in [3.05, 3.63) is 35.8 Å². The fraction of sp³-hybridized carbons (Fsp3) is 0.471. The number of aliphatic hydroxyl groups excluding tert-OH is 1. The highest BCUT2D eigenvalue weighted by Gasteiger charge is 2.20. The molecule has 0 saturated carbocycles. The molecule has 0 amide bonds. The largest absolute Gasteiger partial charge is 0.391 e. The molecule has 1 aliphatic carbocycles. The number of ether oxygens (including phenoxy) is 1. The van der Waals surface area contributed by atoms with E-state index in [9.17, 15) is 5.11 Å². The first-order valence-corrected chi connectivity index (χ1v) is 7.99. The van der Waals surface area contributed by atoms with Crippen LogP contribution in [0, 0.1) is 0 Å². The molecule has 122 valence electrons. The van der Waals surface area contributed by atoms with Gasteiger partial charge in [-0.2, -0.15) is 0 Å². The van der Waals surface area contributed by atoms with Gasteiger partial charge in [0.05, 0.1) is 12.7 Å². The summed E-state index contributed by atoms with van der Waals surface area (Å²) in [5.74, 6) is 1.62. The fourth-order valence-electron chi connectivity index (χ4n) is 2.84. The molecule has 2 heterocycles. The van der Waals surface area contributed by atoms with Crippen molar-refractivity contribution in [2.24, 2.45) is 0 Å². The minimum atomic E-state index is -0.456. The topological polar surface area (TPSA) is 80.2 Å². The van der Waals surface area contributed by atoms with Gasteiger partial charge in [-0.05, 0) is 37.8 Å². The van der Waals surface area contributed by atoms with E-state index in [1.165, 1.54) is 5.56 Å². The lowest BCUT2D eigenvalue weighted by molar-refractivity contribution is 0.0615. The van der Waals surface area contributed by atoms with Gasteiger partial charge in [-0.3, -0.25) is 4.98 Å². The van der Waals surface area contributed by atoms with Crippen LogP contribution in [0.25, 0.3) is 11.4 Å². The predicted octanol–water partition coefficient (Wildman–Crippen LogP) is 1.84. The van der Waals surface area contributed by atoms with Crippen molar-refractivity contribution in [3.63, 3.8) is 0 Å². The number of hydrogen-bond donors (Lipinski definition) is 2. The van der Waals surface area contributed by atoms with Crippen LogP contribution >= 0.6 is 0 Å². The van der Waals surface area contributed by atoms with Gasteiger partial charge < -0.3 is 15.2 Å². The normalized spacial score (nSPS) is 14.5. The predicted molar refractivity (Wildman–Crippen MR) is 88.3 cm³/mol. The number of pyridine rings is 1. The van der Waals surface area contributed by atoms with Crippen molar-refractivity contribution >= 4 is 5.82 Å². The SMILES string of the molecule is COCC(O)CCNc1nc(-c2ccncc2)nc2c1CCC2. The minimum Gasteiger partial charge on any atom is -0.391 e. The van der Waals surface area contributed by atoms with E-state index in [2.05, 4.69) is 10.3 Å². The Labute approximate surface area is 136 Å². The minimum absolute atomic E-state index is 0.353. The monoisotopic (exact) mass is 314 g/mol. The Morgan fingerprint density at radius 1 is 1.26 bits per heavy atom. The van der Waals surface area contributed by atoms with E-state index in [0.717, 1.165) is 42.2 Å². The number of hydrogen-bond acceptors (Lipinski definition) is 6. The highest BCUT2D eigenvalue weighted by Crippen LogP contribution is 2.29. The third-order valence-corrected chi connectivity index (χ3v) is 4.00. The summed E-state index contributed by atoms with van der Waals surface area (Å²) in [4.78, 5) is 13.4. The summed E-state index contributed by atoms with van der Waals surface area (Å²) in [6.45, 7) is 1.01. The number of rotatable bonds is 7. The molecule has 0 radical (unpaired) electrons. The van der Waals surface area contributed by atoms with E-state index in [4.69, 9.17) is 14.7 Å². The molecule has 0 saturated heterocycles. The summed E-state index contributed by atoms with van der Waals surface area (Å²) in [7, 11) is 1.59. The first kappa shape index (κ1) is 15.8. The Morgan fingerprint density at radius 3 is 2.87 bits per heavy atom. The first-order valence-electron chi connectivity index (χ1n) is 7.99. The summed E-state index contributed by atoms with van der Waals surface area (Å²) < 4.78 is 4.95. The van der Waals surface area contributed by atoms with E-state index in [1.807, 2.05) is 12.1 Å². The van der Waals surface area contributed by atoms with Crippen molar-refractivity contribution in [2.75, 3.05) is 25.6 Å². The summed E-state index contributed by atoms with van der Waals surface area (Å²) in [5.41, 5.74) is 3.31. The van der Waals surface area contributed by atoms with Gasteiger partial charge in [-0.15, -0.1) is 0 Å². The van der Waals surface area contributed by atoms with Crippen molar-refractivity contribution in [1.82, 2.24) is 15.0 Å². The molecule has 0 bridgehead atoms. The lowest BCUT2D eigenvalue weighted by atomic mass is 10.2. The quantitative estimate of drug-likeness (QED) is 0.812. The Morgan fingerprint density at radius 2 is 2.09 bits per heavy atom. The van der Waals surface area contributed by atoms with Gasteiger partial charge in [0, 0.05) is 42.9 Å². The number of fused-ring (bicyclic) bond motifs is 1. The molecule has 0 aromatic carbocycles. The lowest BCUT2D eigenvalue weighted by Gasteiger charge is -2.14. The molecule has 3 rings (SSSR count). The van der Waals surface area contributed by atoms with Crippen LogP contribution in [0.3, 0.4) is 0 Å². The molecule has 2 aromatic heterocycles. The average molecular weight is 314 g/mol. The highest BCUT2D eigenvalue weighted by molar-refractivity contribution is 5.60. The second-order valence-electron chi connectivity index (χ2n) is 5.74. The lowest BCUT2D eigenvalue weighted by Crippen LogP contribution is -2.19. The van der Waals surface area contributed by atoms with Crippen LogP contribution in [0.1, 0.15) is 24.1 Å². The van der Waals surface area contributed by atoms with Crippen molar-refractivity contribution < 1.29 is 9.84 Å². The molecule has 0 aliphatic heterocycles. The maximum Gasteiger partial charge on any atom is 0.161 e. The van der Waals surface area contributed by atoms with Crippen molar-refractivity contribution in [3.8, 4) is 11.4 Å². The molecule has 0 spiro atoms. The Kier molecular flexibility index (Phi) is 5.15. The van der Waals surface area contributed by atoms with Gasteiger partial charge in [-0.25, -0.2) is 9.97 Å². The second kappa shape index (κ2) is 7.48. The molecular weight excluding hydrogens is 292 g/mol. The third-order valence-electron chi connectivity index (χ3n) is 4.00. The van der Waals surface area contributed by atoms with E-state index >= 15 is 0 Å². The molecule has 6 nitrogen and oxygen atoms in total. The summed E-state index contributed by atoms with van der Waals surface area (Å²) >= 11 is 0. The molecule has 0 fully saturated rings. The van der Waals surface area contributed by atoms with Gasteiger partial charge in [0.15, 0.2) is 5.82 Å². The average Bonchev–Trinajstić information content (AvgIpc) is 3.04. The Hall–Kier alpha value is -2.05. The first-order chi connectivity index (χ1) is 11.3. The molecule has 6 heteroatoms. The zero-order chi connectivity index (χ0) is 16.1. The van der Waals surface area contributed by atoms with Crippen LogP contribution in [0.4, 0.5) is 5.82 Å². The van der Waals surface area contributed by atoms with Gasteiger partial charge >= 0.3 is 0 Å². The zero-order valence-electron chi connectivity index (χ0n) is 13.3. The smallest absolute Gasteiger partial charge is 0.161 e. The number of aryl methyl sites for hydroxylation is 1. The van der Waals surface area contributed by atoms with Crippen LogP contribution < -0.4 is 5.32 Å². The molecule has 23 heavy (non-hydrogen) atoms. The fourth-order valence-corrected chi connectivity index (χ4v) is 2.84. The van der Waals surface area contributed by atoms with Gasteiger partial charge in [0.2, 0.25) is 0 Å². The van der Waals surface area contributed by atoms with Gasteiger partial charge in [0.25, 0.3) is 0 Å². The van der Waals surface area contributed by atoms with Crippen LogP contribution in [0.5, 0.6) is 0 Å². The number of nitrogens with zero attached hydrogens (tertiary/aromatic N) is 3. The van der Waals surface area contributed by atoms with Crippen molar-refractivity contribution in [2.45, 2.75) is 31.8 Å². The number of anilines is 1. The van der Waals surface area contributed by atoms with E-state index in [1.54, 1.807) is 19.5 Å². The summed E-state index contributed by atoms with van der Waals surface area (Å²) in [5, 5.41) is 13.1. The van der Waals surface area contributed by atoms with E-state index in [-0.39, 0.29) is 0 Å². The maximum atomic E-state index is 9.75. The van der Waals surface area contributed by atoms with E-state index in [0.29, 0.717) is 19.6 Å². The van der Waals surface area contributed by atoms with Crippen LogP contribution in [-0.4, -0.2) is 46.4 Å². The molecule has 2 N–H and O–H groups in total. The number of nitrogens with one attached hydrogen (secondary N) is 1. The second-order valence-corrected chi connectivity index (χ2v) is 5.74. The third kappa shape index (κ3) is 3.83. The molecule has 1 atom stereocenters. The van der Waals surface area contributed by atoms with Gasteiger partial charge in [-0.1, -0.05) is 0 Å². The number of methoxy groups -OCH3 is 1. The maximum absolute atomic E-state index is 9.75. The Balaban J connectivity index is 1.78. The van der Waals surface area contributed by atoms with Crippen LogP contribution in [0.2, 0.25) is 0 Å². The standard InChI is InChI=1S/C17H22N4O2/c1-23-11-13(22)7-10-19-17-14-3-2-4-15(14)20-16(21-17)12-5-8-18-9-6-12/h5-6,8-9,13,22H,2-4,7,10-11H2,1H3,(H,19,20,21). The Bertz CT molecular complexity index is 649. The molecule has 1 unspecified atom stereocenters. The summed E-state index contributed by atoms with van der Waals surface area (Å²) in [6, 6.07) is 3.84. The summed E-state index contributed by atoms with van der Waals surface area (Å²) in [6.07, 6.45) is 6.79. The molecule has 1 aliphatic rings. The highest BCUT2D eigenvalue weighted by atomic mass is 16.5. The number of aromatic nitrogens is 3.